The third-order valence-electron chi connectivity index (χ3n) is 2.49. The molecule has 0 aliphatic heterocycles. The number of carbonyl (C=O) groups is 2. The second-order valence-corrected chi connectivity index (χ2v) is 3.36. The topological polar surface area (TPSA) is 43.4 Å². The Bertz CT molecular complexity index is 517. The minimum Gasteiger partial charge on any atom is -0.465 e. The van der Waals surface area contributed by atoms with Gasteiger partial charge in [-0.25, -0.2) is 4.79 Å². The first-order valence-electron chi connectivity index (χ1n) is 4.83. The molecular formula is C13H10O3. The van der Waals surface area contributed by atoms with Gasteiger partial charge >= 0.3 is 5.97 Å². The molecule has 0 aromatic heterocycles. The molecule has 2 rings (SSSR count). The van der Waals surface area contributed by atoms with E-state index in [1.165, 1.54) is 7.11 Å². The second kappa shape index (κ2) is 4.14. The van der Waals surface area contributed by atoms with Crippen molar-refractivity contribution in [3.05, 3.63) is 47.5 Å². The molecule has 2 aliphatic carbocycles. The maximum absolute atomic E-state index is 11.5. The lowest BCUT2D eigenvalue weighted by molar-refractivity contribution is 0.0602. The molecule has 0 heterocycles. The van der Waals surface area contributed by atoms with Gasteiger partial charge in [-0.2, -0.15) is 0 Å². The summed E-state index contributed by atoms with van der Waals surface area (Å²) in [5, 5.41) is 0. The van der Waals surface area contributed by atoms with Crippen LogP contribution in [-0.4, -0.2) is 19.4 Å². The van der Waals surface area contributed by atoms with Gasteiger partial charge in [-0.15, -0.1) is 0 Å². The van der Waals surface area contributed by atoms with Crippen molar-refractivity contribution in [1.29, 1.82) is 0 Å². The van der Waals surface area contributed by atoms with Gasteiger partial charge < -0.3 is 4.74 Å². The van der Waals surface area contributed by atoms with Crippen LogP contribution >= 0.6 is 0 Å². The van der Waals surface area contributed by atoms with Crippen LogP contribution in [0.25, 0.3) is 11.1 Å². The van der Waals surface area contributed by atoms with Gasteiger partial charge in [0.1, 0.15) is 0 Å². The maximum Gasteiger partial charge on any atom is 0.338 e. The minimum atomic E-state index is -0.391. The fraction of sp³-hybridized carbons (Fsp3) is 0.0769. The molecule has 0 N–H and O–H groups in total. The van der Waals surface area contributed by atoms with Gasteiger partial charge in [0.25, 0.3) is 0 Å². The summed E-state index contributed by atoms with van der Waals surface area (Å²) in [7, 11) is 1.34. The maximum atomic E-state index is 11.5. The van der Waals surface area contributed by atoms with Gasteiger partial charge in [-0.05, 0) is 17.2 Å². The van der Waals surface area contributed by atoms with Crippen molar-refractivity contribution in [3.63, 3.8) is 0 Å². The highest BCUT2D eigenvalue weighted by Gasteiger charge is 2.17. The largest absolute Gasteiger partial charge is 0.465 e. The third-order valence-corrected chi connectivity index (χ3v) is 2.49. The van der Waals surface area contributed by atoms with Crippen LogP contribution in [0.15, 0.2) is 36.4 Å². The number of aldehydes is 1. The van der Waals surface area contributed by atoms with Crippen LogP contribution < -0.4 is 0 Å². The molecule has 0 bridgehead atoms. The zero-order valence-electron chi connectivity index (χ0n) is 8.77. The summed E-state index contributed by atoms with van der Waals surface area (Å²) in [6, 6.07) is 10.5. The fourth-order valence-electron chi connectivity index (χ4n) is 1.71. The van der Waals surface area contributed by atoms with Crippen LogP contribution in [0.5, 0.6) is 0 Å². The zero-order chi connectivity index (χ0) is 11.5. The highest BCUT2D eigenvalue weighted by molar-refractivity contribution is 6.01. The molecule has 3 nitrogen and oxygen atoms in total. The van der Waals surface area contributed by atoms with Gasteiger partial charge in [-0.1, -0.05) is 30.3 Å². The van der Waals surface area contributed by atoms with E-state index >= 15 is 0 Å². The highest BCUT2D eigenvalue weighted by atomic mass is 16.5. The van der Waals surface area contributed by atoms with Crippen LogP contribution in [-0.2, 0) is 4.74 Å². The summed E-state index contributed by atoms with van der Waals surface area (Å²) in [6.45, 7) is 0. The van der Waals surface area contributed by atoms with Crippen LogP contribution in [0.4, 0.5) is 0 Å². The number of ether oxygens (including phenoxy) is 1. The number of fused-ring (bicyclic) bond motifs is 1. The number of esters is 1. The van der Waals surface area contributed by atoms with Crippen molar-refractivity contribution >= 4 is 12.3 Å². The highest BCUT2D eigenvalue weighted by Crippen LogP contribution is 2.29. The van der Waals surface area contributed by atoms with E-state index in [9.17, 15) is 9.59 Å². The molecule has 0 radical (unpaired) electrons. The molecule has 0 spiro atoms. The van der Waals surface area contributed by atoms with Crippen molar-refractivity contribution in [2.24, 2.45) is 0 Å². The summed E-state index contributed by atoms with van der Waals surface area (Å²) in [5.41, 5.74) is 2.55. The van der Waals surface area contributed by atoms with Gasteiger partial charge in [0.05, 0.1) is 12.7 Å². The molecular weight excluding hydrogens is 204 g/mol. The molecule has 0 saturated carbocycles. The molecule has 0 fully saturated rings. The fourth-order valence-corrected chi connectivity index (χ4v) is 1.71. The normalized spacial score (nSPS) is 10.1. The first kappa shape index (κ1) is 10.4. The number of hydrogen-bond acceptors (Lipinski definition) is 3. The molecule has 0 saturated heterocycles. The van der Waals surface area contributed by atoms with Crippen molar-refractivity contribution in [2.45, 2.75) is 0 Å². The van der Waals surface area contributed by atoms with E-state index in [4.69, 9.17) is 0 Å². The van der Waals surface area contributed by atoms with E-state index in [0.717, 1.165) is 17.4 Å². The summed E-state index contributed by atoms with van der Waals surface area (Å²) in [4.78, 5) is 22.4. The van der Waals surface area contributed by atoms with Crippen LogP contribution in [0.1, 0.15) is 20.7 Å². The first-order chi connectivity index (χ1) is 7.77. The average molecular weight is 214 g/mol. The smallest absolute Gasteiger partial charge is 0.338 e. The molecule has 0 aromatic carbocycles. The molecule has 0 unspecified atom stereocenters. The number of hydrogen-bond donors (Lipinski definition) is 0. The van der Waals surface area contributed by atoms with Crippen LogP contribution in [0, 0.1) is 0 Å². The summed E-state index contributed by atoms with van der Waals surface area (Å²) in [5.74, 6) is -0.391. The van der Waals surface area contributed by atoms with Crippen molar-refractivity contribution in [2.75, 3.05) is 7.11 Å². The summed E-state index contributed by atoms with van der Waals surface area (Å²) in [6.07, 6.45) is 0.781. The Hall–Kier alpha value is -2.16. The second-order valence-electron chi connectivity index (χ2n) is 3.36. The Morgan fingerprint density at radius 1 is 1.12 bits per heavy atom. The number of methoxy groups -OCH3 is 1. The molecule has 0 atom stereocenters. The van der Waals surface area contributed by atoms with E-state index in [1.54, 1.807) is 36.4 Å². The van der Waals surface area contributed by atoms with Gasteiger partial charge in [0.15, 0.2) is 6.29 Å². The average Bonchev–Trinajstić information content (AvgIpc) is 2.62. The summed E-state index contributed by atoms with van der Waals surface area (Å²) < 4.78 is 4.68. The number of rotatable bonds is 2. The molecule has 2 aliphatic rings. The Kier molecular flexibility index (Phi) is 2.68. The van der Waals surface area contributed by atoms with E-state index in [0.29, 0.717) is 11.1 Å². The Morgan fingerprint density at radius 3 is 2.56 bits per heavy atom. The predicted molar refractivity (Wildman–Crippen MR) is 59.8 cm³/mol. The quantitative estimate of drug-likeness (QED) is 0.569. The van der Waals surface area contributed by atoms with E-state index < -0.39 is 5.97 Å². The Morgan fingerprint density at radius 2 is 1.88 bits per heavy atom. The third kappa shape index (κ3) is 1.56. The standard InChI is InChI=1S/C13H10O3/c1-16-13(15)12-7-6-10-9(8-14)4-2-3-5-11(10)12/h2-8H,1H3. The first-order valence-corrected chi connectivity index (χ1v) is 4.83. The minimum absolute atomic E-state index is 0.391. The monoisotopic (exact) mass is 214 g/mol. The lowest BCUT2D eigenvalue weighted by atomic mass is 10.1. The van der Waals surface area contributed by atoms with Crippen LogP contribution in [0.3, 0.4) is 0 Å². The van der Waals surface area contributed by atoms with E-state index in [1.807, 2.05) is 0 Å². The lowest BCUT2D eigenvalue weighted by Crippen LogP contribution is -2.00. The van der Waals surface area contributed by atoms with Crippen molar-refractivity contribution in [3.8, 4) is 11.1 Å². The molecule has 16 heavy (non-hydrogen) atoms. The zero-order valence-corrected chi connectivity index (χ0v) is 8.77. The van der Waals surface area contributed by atoms with Gasteiger partial charge in [0, 0.05) is 5.56 Å². The van der Waals surface area contributed by atoms with Crippen molar-refractivity contribution < 1.29 is 14.3 Å². The van der Waals surface area contributed by atoms with Gasteiger partial charge in [0.2, 0.25) is 0 Å². The molecule has 0 aromatic rings. The Labute approximate surface area is 93.0 Å². The predicted octanol–water partition coefficient (Wildman–Crippen LogP) is 2.39. The Balaban J connectivity index is 2.66. The number of carbonyl (C=O) groups excluding carboxylic acids is 2. The van der Waals surface area contributed by atoms with E-state index in [-0.39, 0.29) is 0 Å². The molecule has 80 valence electrons. The molecule has 0 amide bonds. The summed E-state index contributed by atoms with van der Waals surface area (Å²) >= 11 is 0. The van der Waals surface area contributed by atoms with Crippen molar-refractivity contribution in [1.82, 2.24) is 0 Å². The van der Waals surface area contributed by atoms with E-state index in [2.05, 4.69) is 4.74 Å². The van der Waals surface area contributed by atoms with Crippen LogP contribution in [0.2, 0.25) is 0 Å². The SMILES string of the molecule is COC(=O)c1ccc2c(C=O)ccccc1-2. The van der Waals surface area contributed by atoms with Gasteiger partial charge in [-0.3, -0.25) is 4.79 Å². The molecule has 3 heteroatoms. The lowest BCUT2D eigenvalue weighted by Gasteiger charge is -2.00.